The smallest absolute Gasteiger partial charge is 0.316 e. The van der Waals surface area contributed by atoms with E-state index in [4.69, 9.17) is 0 Å². The Bertz CT molecular complexity index is 218. The van der Waals surface area contributed by atoms with Crippen LogP contribution in [0.2, 0.25) is 0 Å². The summed E-state index contributed by atoms with van der Waals surface area (Å²) in [6.45, 7) is 7.61. The summed E-state index contributed by atoms with van der Waals surface area (Å²) in [5, 5.41) is 2.65. The lowest BCUT2D eigenvalue weighted by Crippen LogP contribution is -2.39. The molecular formula is C11H23N3O. The van der Waals surface area contributed by atoms with Gasteiger partial charge in [0.2, 0.25) is 0 Å². The van der Waals surface area contributed by atoms with Gasteiger partial charge < -0.3 is 15.1 Å². The van der Waals surface area contributed by atoms with Crippen LogP contribution in [0, 0.1) is 5.92 Å². The molecule has 1 saturated heterocycles. The number of nitrogens with one attached hydrogen (secondary N) is 1. The maximum Gasteiger partial charge on any atom is 0.316 e. The highest BCUT2D eigenvalue weighted by molar-refractivity contribution is 5.73. The van der Waals surface area contributed by atoms with Crippen LogP contribution in [0.1, 0.15) is 20.3 Å². The Morgan fingerprint density at radius 2 is 2.27 bits per heavy atom. The Balaban J connectivity index is 2.32. The lowest BCUT2D eigenvalue weighted by molar-refractivity contribution is 0.200. The van der Waals surface area contributed by atoms with Crippen molar-refractivity contribution in [2.75, 3.05) is 33.7 Å². The van der Waals surface area contributed by atoms with E-state index in [0.29, 0.717) is 12.0 Å². The minimum atomic E-state index is 0.0120. The molecule has 1 rings (SSSR count). The van der Waals surface area contributed by atoms with Crippen LogP contribution in [-0.2, 0) is 0 Å². The van der Waals surface area contributed by atoms with Crippen LogP contribution in [-0.4, -0.2) is 55.6 Å². The van der Waals surface area contributed by atoms with Gasteiger partial charge in [0.25, 0.3) is 0 Å². The molecule has 0 aromatic heterocycles. The maximum atomic E-state index is 11.3. The molecule has 1 atom stereocenters. The van der Waals surface area contributed by atoms with Crippen LogP contribution in [0.4, 0.5) is 4.79 Å². The fourth-order valence-electron chi connectivity index (χ4n) is 2.14. The number of carbonyl (C=O) groups is 1. The quantitative estimate of drug-likeness (QED) is 0.759. The van der Waals surface area contributed by atoms with E-state index in [1.54, 1.807) is 11.9 Å². The van der Waals surface area contributed by atoms with E-state index in [1.807, 2.05) is 7.05 Å². The molecule has 1 fully saturated rings. The molecule has 0 aliphatic carbocycles. The highest BCUT2D eigenvalue weighted by Gasteiger charge is 2.25. The molecule has 1 unspecified atom stereocenters. The molecule has 88 valence electrons. The summed E-state index contributed by atoms with van der Waals surface area (Å²) in [6.07, 6.45) is 1.21. The highest BCUT2D eigenvalue weighted by atomic mass is 16.2. The molecule has 4 nitrogen and oxygen atoms in total. The lowest BCUT2D eigenvalue weighted by atomic mass is 10.1. The van der Waals surface area contributed by atoms with Crippen molar-refractivity contribution in [3.05, 3.63) is 0 Å². The normalized spacial score (nSPS) is 22.1. The van der Waals surface area contributed by atoms with Gasteiger partial charge in [0.1, 0.15) is 0 Å². The Labute approximate surface area is 92.6 Å². The van der Waals surface area contributed by atoms with Crippen molar-refractivity contribution >= 4 is 6.03 Å². The molecule has 0 aromatic carbocycles. The van der Waals surface area contributed by atoms with Gasteiger partial charge in [-0.15, -0.1) is 0 Å². The van der Waals surface area contributed by atoms with E-state index < -0.39 is 0 Å². The summed E-state index contributed by atoms with van der Waals surface area (Å²) in [7, 11) is 3.53. The second-order valence-corrected chi connectivity index (χ2v) is 4.68. The van der Waals surface area contributed by atoms with Crippen LogP contribution in [0.5, 0.6) is 0 Å². The molecule has 0 bridgehead atoms. The average Bonchev–Trinajstić information content (AvgIpc) is 2.65. The summed E-state index contributed by atoms with van der Waals surface area (Å²) < 4.78 is 0. The van der Waals surface area contributed by atoms with E-state index in [0.717, 1.165) is 13.1 Å². The first-order chi connectivity index (χ1) is 7.04. The van der Waals surface area contributed by atoms with Crippen molar-refractivity contribution in [3.8, 4) is 0 Å². The summed E-state index contributed by atoms with van der Waals surface area (Å²) in [4.78, 5) is 15.6. The number of nitrogens with zero attached hydrogens (tertiary/aromatic N) is 2. The molecule has 1 heterocycles. The van der Waals surface area contributed by atoms with Crippen molar-refractivity contribution < 1.29 is 4.79 Å². The van der Waals surface area contributed by atoms with Gasteiger partial charge in [0.05, 0.1) is 0 Å². The van der Waals surface area contributed by atoms with Crippen molar-refractivity contribution in [1.29, 1.82) is 0 Å². The lowest BCUT2D eigenvalue weighted by Gasteiger charge is -2.23. The average molecular weight is 213 g/mol. The van der Waals surface area contributed by atoms with Crippen LogP contribution < -0.4 is 5.32 Å². The minimum absolute atomic E-state index is 0.0120. The maximum absolute atomic E-state index is 11.3. The number of likely N-dealkylation sites (tertiary alicyclic amines) is 1. The van der Waals surface area contributed by atoms with Gasteiger partial charge in [-0.2, -0.15) is 0 Å². The number of rotatable bonds is 3. The van der Waals surface area contributed by atoms with E-state index in [1.165, 1.54) is 13.0 Å². The summed E-state index contributed by atoms with van der Waals surface area (Å²) in [5.41, 5.74) is 0. The molecule has 2 amide bonds. The van der Waals surface area contributed by atoms with Crippen molar-refractivity contribution in [2.45, 2.75) is 26.3 Å². The molecule has 1 aliphatic heterocycles. The summed E-state index contributed by atoms with van der Waals surface area (Å²) in [6, 6.07) is 0.637. The first-order valence-corrected chi connectivity index (χ1v) is 5.71. The Morgan fingerprint density at radius 3 is 2.73 bits per heavy atom. The third-order valence-corrected chi connectivity index (χ3v) is 3.14. The topological polar surface area (TPSA) is 35.6 Å². The van der Waals surface area contributed by atoms with Crippen LogP contribution in [0.3, 0.4) is 0 Å². The predicted molar refractivity (Wildman–Crippen MR) is 61.9 cm³/mol. The third kappa shape index (κ3) is 3.38. The van der Waals surface area contributed by atoms with Gasteiger partial charge in [0, 0.05) is 33.2 Å². The zero-order valence-corrected chi connectivity index (χ0v) is 10.3. The molecular weight excluding hydrogens is 190 g/mol. The Morgan fingerprint density at radius 1 is 1.60 bits per heavy atom. The van der Waals surface area contributed by atoms with Crippen LogP contribution >= 0.6 is 0 Å². The standard InChI is InChI=1S/C11H23N3O/c1-9(2)14-6-5-10(8-14)7-13(4)11(15)12-3/h9-10H,5-8H2,1-4H3,(H,12,15). The van der Waals surface area contributed by atoms with Crippen LogP contribution in [0.15, 0.2) is 0 Å². The van der Waals surface area contributed by atoms with Gasteiger partial charge in [-0.25, -0.2) is 4.79 Å². The minimum Gasteiger partial charge on any atom is -0.341 e. The summed E-state index contributed by atoms with van der Waals surface area (Å²) in [5.74, 6) is 0.634. The van der Waals surface area contributed by atoms with Gasteiger partial charge in [-0.3, -0.25) is 0 Å². The first-order valence-electron chi connectivity index (χ1n) is 5.71. The number of carbonyl (C=O) groups excluding carboxylic acids is 1. The molecule has 15 heavy (non-hydrogen) atoms. The number of urea groups is 1. The first kappa shape index (κ1) is 12.3. The molecule has 1 N–H and O–H groups in total. The van der Waals surface area contributed by atoms with Crippen LogP contribution in [0.25, 0.3) is 0 Å². The van der Waals surface area contributed by atoms with Gasteiger partial charge in [0.15, 0.2) is 0 Å². The number of hydrogen-bond acceptors (Lipinski definition) is 2. The number of hydrogen-bond donors (Lipinski definition) is 1. The largest absolute Gasteiger partial charge is 0.341 e. The molecule has 0 spiro atoms. The molecule has 4 heteroatoms. The SMILES string of the molecule is CNC(=O)N(C)CC1CCN(C(C)C)C1. The van der Waals surface area contributed by atoms with Gasteiger partial charge in [-0.1, -0.05) is 0 Å². The Hall–Kier alpha value is -0.770. The van der Waals surface area contributed by atoms with E-state index in [9.17, 15) is 4.79 Å². The zero-order valence-electron chi connectivity index (χ0n) is 10.3. The zero-order chi connectivity index (χ0) is 11.4. The molecule has 0 radical (unpaired) electrons. The fourth-order valence-corrected chi connectivity index (χ4v) is 2.14. The van der Waals surface area contributed by atoms with Crippen molar-refractivity contribution in [1.82, 2.24) is 15.1 Å². The van der Waals surface area contributed by atoms with E-state index in [-0.39, 0.29) is 6.03 Å². The molecule has 0 aromatic rings. The second kappa shape index (κ2) is 5.35. The second-order valence-electron chi connectivity index (χ2n) is 4.68. The van der Waals surface area contributed by atoms with Crippen molar-refractivity contribution in [3.63, 3.8) is 0 Å². The highest BCUT2D eigenvalue weighted by Crippen LogP contribution is 2.18. The molecule has 1 aliphatic rings. The third-order valence-electron chi connectivity index (χ3n) is 3.14. The fraction of sp³-hybridized carbons (Fsp3) is 0.909. The van der Waals surface area contributed by atoms with Crippen molar-refractivity contribution in [2.24, 2.45) is 5.92 Å². The monoisotopic (exact) mass is 213 g/mol. The molecule has 0 saturated carbocycles. The van der Waals surface area contributed by atoms with Gasteiger partial charge >= 0.3 is 6.03 Å². The van der Waals surface area contributed by atoms with E-state index in [2.05, 4.69) is 24.1 Å². The summed E-state index contributed by atoms with van der Waals surface area (Å²) >= 11 is 0. The van der Waals surface area contributed by atoms with Gasteiger partial charge in [-0.05, 0) is 32.7 Å². The predicted octanol–water partition coefficient (Wildman–Crippen LogP) is 0.988. The van der Waals surface area contributed by atoms with E-state index >= 15 is 0 Å². The number of amides is 2. The Kier molecular flexibility index (Phi) is 4.39.